The van der Waals surface area contributed by atoms with Crippen molar-refractivity contribution in [2.75, 3.05) is 14.2 Å². The molecule has 150 valence electrons. The second-order valence-electron chi connectivity index (χ2n) is 7.47. The highest BCUT2D eigenvalue weighted by atomic mass is 16.5. The number of aliphatic hydroxyl groups is 1. The molecule has 29 heavy (non-hydrogen) atoms. The minimum absolute atomic E-state index is 0.426. The molecule has 8 nitrogen and oxygen atoms in total. The third-order valence-corrected chi connectivity index (χ3v) is 4.52. The first-order chi connectivity index (χ1) is 13.9. The molecule has 1 aromatic carbocycles. The minimum atomic E-state index is -0.821. The number of nitrogens with zero attached hydrogens (tertiary/aromatic N) is 5. The molecular weight excluding hydrogens is 370 g/mol. The van der Waals surface area contributed by atoms with Crippen LogP contribution in [-0.4, -0.2) is 49.2 Å². The molecule has 0 aliphatic rings. The van der Waals surface area contributed by atoms with Crippen LogP contribution in [-0.2, 0) is 6.54 Å². The summed E-state index contributed by atoms with van der Waals surface area (Å²) in [6.45, 7) is 3.95. The van der Waals surface area contributed by atoms with Gasteiger partial charge in [-0.05, 0) is 31.5 Å². The van der Waals surface area contributed by atoms with Crippen LogP contribution in [0.4, 0.5) is 0 Å². The van der Waals surface area contributed by atoms with Gasteiger partial charge in [0, 0.05) is 23.9 Å². The van der Waals surface area contributed by atoms with E-state index in [-0.39, 0.29) is 0 Å². The van der Waals surface area contributed by atoms with E-state index < -0.39 is 5.60 Å². The number of imidazole rings is 1. The van der Waals surface area contributed by atoms with Gasteiger partial charge in [-0.25, -0.2) is 4.98 Å². The molecule has 0 bridgehead atoms. The molecule has 1 N–H and O–H groups in total. The average Bonchev–Trinajstić information content (AvgIpc) is 3.32. The second kappa shape index (κ2) is 7.21. The van der Waals surface area contributed by atoms with Crippen LogP contribution in [0.25, 0.3) is 27.8 Å². The van der Waals surface area contributed by atoms with Crippen molar-refractivity contribution in [3.8, 4) is 28.6 Å². The molecule has 0 unspecified atom stereocenters. The van der Waals surface area contributed by atoms with Crippen LogP contribution < -0.4 is 9.47 Å². The van der Waals surface area contributed by atoms with Gasteiger partial charge in [0.1, 0.15) is 6.33 Å². The number of benzene rings is 1. The van der Waals surface area contributed by atoms with Crippen LogP contribution in [0.3, 0.4) is 0 Å². The summed E-state index contributed by atoms with van der Waals surface area (Å²) >= 11 is 0. The van der Waals surface area contributed by atoms with Crippen LogP contribution >= 0.6 is 0 Å². The van der Waals surface area contributed by atoms with E-state index in [4.69, 9.17) is 9.47 Å². The first kappa shape index (κ1) is 18.9. The number of fused-ring (bicyclic) bond motifs is 1. The number of methoxy groups -OCH3 is 2. The number of pyridine rings is 1. The topological polar surface area (TPSA) is 87.2 Å². The second-order valence-corrected chi connectivity index (χ2v) is 7.47. The van der Waals surface area contributed by atoms with Crippen LogP contribution in [0, 0.1) is 0 Å². The Labute approximate surface area is 168 Å². The van der Waals surface area contributed by atoms with Crippen LogP contribution in [0.5, 0.6) is 11.8 Å². The normalized spacial score (nSPS) is 11.8. The number of hydrogen-bond donors (Lipinski definition) is 1. The van der Waals surface area contributed by atoms with E-state index in [1.54, 1.807) is 45.3 Å². The van der Waals surface area contributed by atoms with Gasteiger partial charge in [0.05, 0.1) is 49.3 Å². The molecule has 3 aromatic heterocycles. The summed E-state index contributed by atoms with van der Waals surface area (Å²) in [7, 11) is 3.14. The number of hydrogen-bond acceptors (Lipinski definition) is 6. The van der Waals surface area contributed by atoms with Crippen LogP contribution in [0.1, 0.15) is 13.8 Å². The molecule has 0 atom stereocenters. The highest BCUT2D eigenvalue weighted by Gasteiger charge is 2.15. The molecule has 0 amide bonds. The smallest absolute Gasteiger partial charge is 0.218 e. The Bertz CT molecular complexity index is 1130. The van der Waals surface area contributed by atoms with E-state index in [1.165, 1.54) is 0 Å². The van der Waals surface area contributed by atoms with E-state index in [1.807, 2.05) is 41.1 Å². The standard InChI is InChI=1S/C21H23N5O3/c1-21(2,27)12-25-11-15(10-23-25)14-5-6-18-17(7-14)22-13-26(18)16-8-19(28-3)24-20(9-16)29-4/h5-11,13,27H,12H2,1-4H3. The summed E-state index contributed by atoms with van der Waals surface area (Å²) in [5.41, 5.74) is 3.81. The van der Waals surface area contributed by atoms with Gasteiger partial charge in [0.25, 0.3) is 0 Å². The van der Waals surface area contributed by atoms with Crippen molar-refractivity contribution in [1.29, 1.82) is 0 Å². The molecule has 8 heteroatoms. The van der Waals surface area contributed by atoms with Crippen LogP contribution in [0.2, 0.25) is 0 Å². The first-order valence-corrected chi connectivity index (χ1v) is 9.19. The maximum atomic E-state index is 9.98. The lowest BCUT2D eigenvalue weighted by atomic mass is 10.1. The summed E-state index contributed by atoms with van der Waals surface area (Å²) in [5.74, 6) is 0.939. The Morgan fingerprint density at radius 2 is 1.76 bits per heavy atom. The quantitative estimate of drug-likeness (QED) is 0.542. The monoisotopic (exact) mass is 393 g/mol. The molecule has 0 fully saturated rings. The van der Waals surface area contributed by atoms with E-state index in [0.717, 1.165) is 27.8 Å². The van der Waals surface area contributed by atoms with Crippen molar-refractivity contribution in [2.24, 2.45) is 0 Å². The highest BCUT2D eigenvalue weighted by Crippen LogP contribution is 2.27. The van der Waals surface area contributed by atoms with Gasteiger partial charge in [-0.3, -0.25) is 9.25 Å². The molecular formula is C21H23N5O3. The van der Waals surface area contributed by atoms with E-state index in [0.29, 0.717) is 18.3 Å². The summed E-state index contributed by atoms with van der Waals surface area (Å²) in [6, 6.07) is 9.73. The van der Waals surface area contributed by atoms with Gasteiger partial charge in [-0.15, -0.1) is 0 Å². The zero-order valence-electron chi connectivity index (χ0n) is 16.8. The fraction of sp³-hybridized carbons (Fsp3) is 0.286. The molecule has 0 spiro atoms. The summed E-state index contributed by atoms with van der Waals surface area (Å²) < 4.78 is 14.2. The van der Waals surface area contributed by atoms with Gasteiger partial charge < -0.3 is 14.6 Å². The van der Waals surface area contributed by atoms with Crippen molar-refractivity contribution in [2.45, 2.75) is 26.0 Å². The van der Waals surface area contributed by atoms with E-state index in [9.17, 15) is 5.11 Å². The maximum Gasteiger partial charge on any atom is 0.218 e. The maximum absolute atomic E-state index is 9.98. The Balaban J connectivity index is 1.70. The number of rotatable bonds is 6. The Morgan fingerprint density at radius 1 is 1.03 bits per heavy atom. The zero-order chi connectivity index (χ0) is 20.6. The fourth-order valence-corrected chi connectivity index (χ4v) is 3.21. The van der Waals surface area contributed by atoms with Gasteiger partial charge in [-0.2, -0.15) is 10.1 Å². The van der Waals surface area contributed by atoms with Crippen molar-refractivity contribution in [3.05, 3.63) is 49.1 Å². The van der Waals surface area contributed by atoms with Gasteiger partial charge in [0.15, 0.2) is 0 Å². The lowest BCUT2D eigenvalue weighted by molar-refractivity contribution is 0.0577. The molecule has 0 saturated carbocycles. The number of aromatic nitrogens is 5. The zero-order valence-corrected chi connectivity index (χ0v) is 16.8. The largest absolute Gasteiger partial charge is 0.481 e. The van der Waals surface area contributed by atoms with E-state index in [2.05, 4.69) is 15.1 Å². The highest BCUT2D eigenvalue weighted by molar-refractivity contribution is 5.83. The summed E-state index contributed by atoms with van der Waals surface area (Å²) in [5, 5.41) is 14.3. The molecule has 4 rings (SSSR count). The first-order valence-electron chi connectivity index (χ1n) is 9.19. The summed E-state index contributed by atoms with van der Waals surface area (Å²) in [4.78, 5) is 8.79. The average molecular weight is 393 g/mol. The molecule has 0 aliphatic heterocycles. The third kappa shape index (κ3) is 3.93. The lowest BCUT2D eigenvalue weighted by Gasteiger charge is -2.16. The fourth-order valence-electron chi connectivity index (χ4n) is 3.21. The minimum Gasteiger partial charge on any atom is -0.481 e. The Morgan fingerprint density at radius 3 is 2.41 bits per heavy atom. The van der Waals surface area contributed by atoms with E-state index >= 15 is 0 Å². The van der Waals surface area contributed by atoms with Crippen molar-refractivity contribution >= 4 is 11.0 Å². The lowest BCUT2D eigenvalue weighted by Crippen LogP contribution is -2.26. The Hall–Kier alpha value is -3.39. The van der Waals surface area contributed by atoms with Gasteiger partial charge in [0.2, 0.25) is 11.8 Å². The molecule has 0 saturated heterocycles. The van der Waals surface area contributed by atoms with Gasteiger partial charge in [-0.1, -0.05) is 6.07 Å². The SMILES string of the molecule is COc1cc(-n2cnc3cc(-c4cnn(CC(C)(C)O)c4)ccc32)cc(OC)n1. The molecule has 0 radical (unpaired) electrons. The Kier molecular flexibility index (Phi) is 4.71. The molecule has 3 heterocycles. The predicted molar refractivity (Wildman–Crippen MR) is 109 cm³/mol. The molecule has 0 aliphatic carbocycles. The third-order valence-electron chi connectivity index (χ3n) is 4.52. The summed E-state index contributed by atoms with van der Waals surface area (Å²) in [6.07, 6.45) is 5.48. The molecule has 4 aromatic rings. The van der Waals surface area contributed by atoms with Gasteiger partial charge >= 0.3 is 0 Å². The van der Waals surface area contributed by atoms with Crippen LogP contribution in [0.15, 0.2) is 49.1 Å². The number of ether oxygens (including phenoxy) is 2. The van der Waals surface area contributed by atoms with Crippen molar-refractivity contribution < 1.29 is 14.6 Å². The van der Waals surface area contributed by atoms with Crippen molar-refractivity contribution in [1.82, 2.24) is 24.3 Å². The van der Waals surface area contributed by atoms with Crippen molar-refractivity contribution in [3.63, 3.8) is 0 Å². The predicted octanol–water partition coefficient (Wildman–Crippen LogP) is 3.07.